The highest BCUT2D eigenvalue weighted by Crippen LogP contribution is 2.31. The van der Waals surface area contributed by atoms with Gasteiger partial charge in [-0.15, -0.1) is 0 Å². The fourth-order valence-corrected chi connectivity index (χ4v) is 2.58. The maximum atomic E-state index is 6.05. The second-order valence-corrected chi connectivity index (χ2v) is 9.34. The molecule has 2 nitrogen and oxygen atoms in total. The van der Waals surface area contributed by atoms with Crippen molar-refractivity contribution >= 4 is 24.8 Å². The van der Waals surface area contributed by atoms with E-state index >= 15 is 0 Å². The van der Waals surface area contributed by atoms with Crippen LogP contribution in [0.1, 0.15) is 0 Å². The van der Waals surface area contributed by atoms with Crippen molar-refractivity contribution in [1.82, 2.24) is 0 Å². The topological polar surface area (TPSA) is 35.2 Å². The van der Waals surface area contributed by atoms with Gasteiger partial charge in [-0.1, -0.05) is 24.3 Å². The van der Waals surface area contributed by atoms with Crippen LogP contribution in [0.5, 0.6) is 5.75 Å². The molecule has 0 saturated heterocycles. The molecule has 0 amide bonds. The molecule has 0 radical (unpaired) electrons. The highest BCUT2D eigenvalue weighted by atomic mass is 28.4. The van der Waals surface area contributed by atoms with Crippen molar-refractivity contribution in [2.45, 2.75) is 19.6 Å². The van der Waals surface area contributed by atoms with Crippen LogP contribution in [0, 0.1) is 0 Å². The summed E-state index contributed by atoms with van der Waals surface area (Å²) < 4.78 is 6.05. The Balaban J connectivity index is 2.61. The molecule has 2 aromatic rings. The van der Waals surface area contributed by atoms with Gasteiger partial charge in [0.2, 0.25) is 8.32 Å². The average molecular weight is 231 g/mol. The highest BCUT2D eigenvalue weighted by Gasteiger charge is 2.18. The Morgan fingerprint density at radius 1 is 1.00 bits per heavy atom. The quantitative estimate of drug-likeness (QED) is 0.632. The summed E-state index contributed by atoms with van der Waals surface area (Å²) in [6.07, 6.45) is 0. The molecule has 0 saturated carbocycles. The molecule has 3 heteroatoms. The molecule has 0 aromatic heterocycles. The lowest BCUT2D eigenvalue weighted by Gasteiger charge is -2.21. The molecule has 2 N–H and O–H groups in total. The molecule has 0 unspecified atom stereocenters. The van der Waals surface area contributed by atoms with Crippen molar-refractivity contribution in [3.63, 3.8) is 0 Å². The predicted octanol–water partition coefficient (Wildman–Crippen LogP) is 3.64. The first-order valence-electron chi connectivity index (χ1n) is 5.43. The van der Waals surface area contributed by atoms with Gasteiger partial charge in [0, 0.05) is 11.1 Å². The van der Waals surface area contributed by atoms with Gasteiger partial charge in [0.25, 0.3) is 0 Å². The fourth-order valence-electron chi connectivity index (χ4n) is 1.75. The number of nitrogens with two attached hydrogens (primary N) is 1. The van der Waals surface area contributed by atoms with Gasteiger partial charge in [-0.2, -0.15) is 0 Å². The Bertz CT molecular complexity index is 512. The standard InChI is InChI=1S/C13H17NOSi/c1-16(2,3)15-12-9-5-7-10-6-4-8-11(14)13(10)12/h4-9H,14H2,1-3H3. The Kier molecular flexibility index (Phi) is 2.64. The van der Waals surface area contributed by atoms with E-state index in [0.29, 0.717) is 0 Å². The van der Waals surface area contributed by atoms with Crippen LogP contribution < -0.4 is 10.2 Å². The Morgan fingerprint density at radius 2 is 1.62 bits per heavy atom. The first-order chi connectivity index (χ1) is 7.47. The van der Waals surface area contributed by atoms with Gasteiger partial charge in [0.05, 0.1) is 0 Å². The summed E-state index contributed by atoms with van der Waals surface area (Å²) in [6.45, 7) is 6.51. The van der Waals surface area contributed by atoms with Gasteiger partial charge in [-0.05, 0) is 37.2 Å². The van der Waals surface area contributed by atoms with Crippen LogP contribution in [0.25, 0.3) is 10.8 Å². The Morgan fingerprint density at radius 3 is 2.25 bits per heavy atom. The molecule has 16 heavy (non-hydrogen) atoms. The van der Waals surface area contributed by atoms with Crippen LogP contribution in [-0.2, 0) is 0 Å². The lowest BCUT2D eigenvalue weighted by atomic mass is 10.1. The van der Waals surface area contributed by atoms with Gasteiger partial charge in [-0.25, -0.2) is 0 Å². The van der Waals surface area contributed by atoms with Crippen molar-refractivity contribution < 1.29 is 4.43 Å². The zero-order chi connectivity index (χ0) is 11.8. The van der Waals surface area contributed by atoms with Crippen LogP contribution in [-0.4, -0.2) is 8.32 Å². The van der Waals surface area contributed by atoms with Crippen LogP contribution in [0.2, 0.25) is 19.6 Å². The molecule has 0 heterocycles. The maximum Gasteiger partial charge on any atom is 0.242 e. The first kappa shape index (κ1) is 11.0. The van der Waals surface area contributed by atoms with E-state index in [1.165, 1.54) is 0 Å². The van der Waals surface area contributed by atoms with Crippen LogP contribution in [0.15, 0.2) is 36.4 Å². The van der Waals surface area contributed by atoms with Crippen molar-refractivity contribution in [2.75, 3.05) is 5.73 Å². The molecule has 0 spiro atoms. The third-order valence-electron chi connectivity index (χ3n) is 2.31. The number of rotatable bonds is 2. The zero-order valence-electron chi connectivity index (χ0n) is 9.95. The van der Waals surface area contributed by atoms with E-state index in [1.54, 1.807) is 0 Å². The Labute approximate surface area is 97.2 Å². The predicted molar refractivity (Wildman–Crippen MR) is 72.3 cm³/mol. The van der Waals surface area contributed by atoms with Crippen molar-refractivity contribution in [3.05, 3.63) is 36.4 Å². The zero-order valence-corrected chi connectivity index (χ0v) is 10.9. The monoisotopic (exact) mass is 231 g/mol. The largest absolute Gasteiger partial charge is 0.544 e. The minimum Gasteiger partial charge on any atom is -0.544 e. The van der Waals surface area contributed by atoms with E-state index < -0.39 is 8.32 Å². The Hall–Kier alpha value is -1.48. The van der Waals surface area contributed by atoms with Gasteiger partial charge >= 0.3 is 0 Å². The van der Waals surface area contributed by atoms with E-state index in [-0.39, 0.29) is 0 Å². The number of fused-ring (bicyclic) bond motifs is 1. The van der Waals surface area contributed by atoms with E-state index in [1.807, 2.05) is 24.3 Å². The lowest BCUT2D eigenvalue weighted by Crippen LogP contribution is -2.29. The molecule has 0 aliphatic rings. The number of anilines is 1. The van der Waals surface area contributed by atoms with E-state index in [4.69, 9.17) is 10.2 Å². The van der Waals surface area contributed by atoms with Crippen LogP contribution in [0.4, 0.5) is 5.69 Å². The molecule has 2 rings (SSSR count). The second-order valence-electron chi connectivity index (χ2n) is 4.92. The van der Waals surface area contributed by atoms with Gasteiger partial charge in [0.15, 0.2) is 0 Å². The van der Waals surface area contributed by atoms with Crippen molar-refractivity contribution in [2.24, 2.45) is 0 Å². The molecular weight excluding hydrogens is 214 g/mol. The summed E-state index contributed by atoms with van der Waals surface area (Å²) in [7, 11) is -1.59. The summed E-state index contributed by atoms with van der Waals surface area (Å²) in [6, 6.07) is 12.0. The smallest absolute Gasteiger partial charge is 0.242 e. The maximum absolute atomic E-state index is 6.05. The number of hydrogen-bond donors (Lipinski definition) is 1. The highest BCUT2D eigenvalue weighted by molar-refractivity contribution is 6.70. The van der Waals surface area contributed by atoms with Gasteiger partial charge < -0.3 is 10.2 Å². The third kappa shape index (κ3) is 2.19. The second kappa shape index (κ2) is 3.83. The molecule has 0 bridgehead atoms. The number of nitrogen functional groups attached to an aromatic ring is 1. The van der Waals surface area contributed by atoms with E-state index in [0.717, 1.165) is 22.2 Å². The summed E-state index contributed by atoms with van der Waals surface area (Å²) in [5, 5.41) is 2.17. The van der Waals surface area contributed by atoms with Gasteiger partial charge in [-0.3, -0.25) is 0 Å². The minimum absolute atomic E-state index is 0.784. The summed E-state index contributed by atoms with van der Waals surface area (Å²) in [5.74, 6) is 0.912. The van der Waals surface area contributed by atoms with Crippen LogP contribution >= 0.6 is 0 Å². The molecule has 84 valence electrons. The molecule has 0 aliphatic heterocycles. The lowest BCUT2D eigenvalue weighted by molar-refractivity contribution is 0.564. The summed E-state index contributed by atoms with van der Waals surface area (Å²) >= 11 is 0. The molecule has 0 atom stereocenters. The minimum atomic E-state index is -1.59. The van der Waals surface area contributed by atoms with Crippen molar-refractivity contribution in [3.8, 4) is 5.75 Å². The first-order valence-corrected chi connectivity index (χ1v) is 8.84. The van der Waals surface area contributed by atoms with Gasteiger partial charge in [0.1, 0.15) is 5.75 Å². The van der Waals surface area contributed by atoms with E-state index in [9.17, 15) is 0 Å². The average Bonchev–Trinajstić information content (AvgIpc) is 2.15. The molecule has 2 aromatic carbocycles. The fraction of sp³-hybridized carbons (Fsp3) is 0.231. The summed E-state index contributed by atoms with van der Waals surface area (Å²) in [5.41, 5.74) is 6.79. The van der Waals surface area contributed by atoms with Crippen LogP contribution in [0.3, 0.4) is 0 Å². The molecule has 0 aliphatic carbocycles. The molecular formula is C13H17NOSi. The SMILES string of the molecule is C[Si](C)(C)Oc1cccc2cccc(N)c12. The van der Waals surface area contributed by atoms with E-state index in [2.05, 4.69) is 31.8 Å². The normalized spacial score (nSPS) is 11.7. The molecule has 0 fully saturated rings. The van der Waals surface area contributed by atoms with Crippen molar-refractivity contribution in [1.29, 1.82) is 0 Å². The number of benzene rings is 2. The third-order valence-corrected chi connectivity index (χ3v) is 3.15. The summed E-state index contributed by atoms with van der Waals surface area (Å²) in [4.78, 5) is 0. The number of hydrogen-bond acceptors (Lipinski definition) is 2.